The number of methoxy groups -OCH3 is 1. The lowest BCUT2D eigenvalue weighted by molar-refractivity contribution is -0.137. The lowest BCUT2D eigenvalue weighted by atomic mass is 10.00. The molecule has 0 radical (unpaired) electrons. The molecular formula is C22H36O3Si. The number of carbonyl (C=O) groups excluding carboxylic acids is 1. The molecule has 1 atom stereocenters. The molecule has 0 spiro atoms. The second-order valence-corrected chi connectivity index (χ2v) is 11.5. The molecule has 0 aliphatic carbocycles. The fourth-order valence-corrected chi connectivity index (χ4v) is 6.02. The Labute approximate surface area is 160 Å². The summed E-state index contributed by atoms with van der Waals surface area (Å²) >= 11 is 0. The summed E-state index contributed by atoms with van der Waals surface area (Å²) in [5.74, 6) is -0.276. The molecule has 146 valence electrons. The number of carbonyl (C=O) groups is 1. The van der Waals surface area contributed by atoms with Gasteiger partial charge in [0.2, 0.25) is 0 Å². The monoisotopic (exact) mass is 376 g/mol. The van der Waals surface area contributed by atoms with Gasteiger partial charge in [0.1, 0.15) is 6.10 Å². The van der Waals surface area contributed by atoms with E-state index in [4.69, 9.17) is 9.16 Å². The highest BCUT2D eigenvalue weighted by molar-refractivity contribution is 6.73. The van der Waals surface area contributed by atoms with Crippen molar-refractivity contribution >= 4 is 14.3 Å². The molecule has 0 aromatic heterocycles. The van der Waals surface area contributed by atoms with Crippen LogP contribution in [0.1, 0.15) is 65.0 Å². The lowest BCUT2D eigenvalue weighted by Crippen LogP contribution is -2.38. The number of allylic oxidation sites excluding steroid dienone is 1. The Balaban J connectivity index is 3.27. The van der Waals surface area contributed by atoms with E-state index in [0.717, 1.165) is 43.0 Å². The third-order valence-corrected chi connectivity index (χ3v) is 9.88. The molecule has 0 fully saturated rings. The largest absolute Gasteiger partial charge is 0.466 e. The van der Waals surface area contributed by atoms with E-state index in [2.05, 4.69) is 27.7 Å². The molecule has 0 amide bonds. The van der Waals surface area contributed by atoms with E-state index in [1.165, 1.54) is 13.5 Å². The molecule has 3 nitrogen and oxygen atoms in total. The van der Waals surface area contributed by atoms with Gasteiger partial charge in [-0.15, -0.1) is 0 Å². The maximum absolute atomic E-state index is 12.6. The van der Waals surface area contributed by atoms with Crippen LogP contribution in [0.25, 0.3) is 0 Å². The zero-order valence-corrected chi connectivity index (χ0v) is 18.2. The van der Waals surface area contributed by atoms with E-state index in [1.807, 2.05) is 36.4 Å². The Kier molecular flexibility index (Phi) is 10.5. The Morgan fingerprint density at radius 1 is 1.04 bits per heavy atom. The first-order chi connectivity index (χ1) is 12.6. The topological polar surface area (TPSA) is 35.5 Å². The molecule has 1 aromatic rings. The highest BCUT2D eigenvalue weighted by Crippen LogP contribution is 2.35. The maximum Gasteiger partial charge on any atom is 0.336 e. The summed E-state index contributed by atoms with van der Waals surface area (Å²) in [6.07, 6.45) is 5.99. The molecule has 1 aromatic carbocycles. The standard InChI is InChI=1S/C22H36O3Si/c1-6-10-11-15-18-20(22(23)24-5)21(19-16-13-12-14-17-19)25-26(7-2,8-3)9-4/h12-14,16-18,21H,6-11,15H2,1-5H3/b20-18-. The van der Waals surface area contributed by atoms with E-state index >= 15 is 0 Å². The Hall–Kier alpha value is -1.39. The number of unbranched alkanes of at least 4 members (excludes halogenated alkanes) is 3. The van der Waals surface area contributed by atoms with Crippen LogP contribution in [0.2, 0.25) is 18.1 Å². The molecule has 0 saturated carbocycles. The Morgan fingerprint density at radius 2 is 1.65 bits per heavy atom. The van der Waals surface area contributed by atoms with Gasteiger partial charge in [-0.1, -0.05) is 76.9 Å². The summed E-state index contributed by atoms with van der Waals surface area (Å²) in [7, 11) is -0.435. The number of esters is 1. The molecule has 1 unspecified atom stereocenters. The molecule has 0 aliphatic rings. The minimum Gasteiger partial charge on any atom is -0.466 e. The van der Waals surface area contributed by atoms with Gasteiger partial charge < -0.3 is 9.16 Å². The molecule has 1 rings (SSSR count). The summed E-state index contributed by atoms with van der Waals surface area (Å²) < 4.78 is 11.9. The average Bonchev–Trinajstić information content (AvgIpc) is 2.70. The smallest absolute Gasteiger partial charge is 0.336 e. The highest BCUT2D eigenvalue weighted by Gasteiger charge is 2.35. The highest BCUT2D eigenvalue weighted by atomic mass is 28.4. The van der Waals surface area contributed by atoms with Crippen LogP contribution in [-0.2, 0) is 14.0 Å². The van der Waals surface area contributed by atoms with Crippen molar-refractivity contribution in [1.29, 1.82) is 0 Å². The number of hydrogen-bond donors (Lipinski definition) is 0. The quantitative estimate of drug-likeness (QED) is 0.182. The van der Waals surface area contributed by atoms with Crippen molar-refractivity contribution in [3.8, 4) is 0 Å². The SMILES string of the molecule is CCCCC/C=C(\C(=O)OC)C(O[Si](CC)(CC)CC)c1ccccc1. The number of hydrogen-bond acceptors (Lipinski definition) is 3. The van der Waals surface area contributed by atoms with Crippen LogP contribution < -0.4 is 0 Å². The second-order valence-electron chi connectivity index (χ2n) is 6.80. The molecule has 0 aliphatic heterocycles. The van der Waals surface area contributed by atoms with Crippen LogP contribution in [-0.4, -0.2) is 21.4 Å². The van der Waals surface area contributed by atoms with Gasteiger partial charge in [-0.2, -0.15) is 0 Å². The Bertz CT molecular complexity index is 542. The van der Waals surface area contributed by atoms with Gasteiger partial charge in [0.15, 0.2) is 8.32 Å². The third-order valence-electron chi connectivity index (χ3n) is 5.28. The van der Waals surface area contributed by atoms with Crippen LogP contribution in [0, 0.1) is 0 Å². The lowest BCUT2D eigenvalue weighted by Gasteiger charge is -2.34. The molecule has 0 saturated heterocycles. The van der Waals surface area contributed by atoms with Crippen LogP contribution in [0.3, 0.4) is 0 Å². The Morgan fingerprint density at radius 3 is 2.15 bits per heavy atom. The van der Waals surface area contributed by atoms with Crippen LogP contribution in [0.5, 0.6) is 0 Å². The summed E-state index contributed by atoms with van der Waals surface area (Å²) in [5.41, 5.74) is 1.69. The van der Waals surface area contributed by atoms with Crippen molar-refractivity contribution in [2.75, 3.05) is 7.11 Å². The predicted molar refractivity (Wildman–Crippen MR) is 112 cm³/mol. The first kappa shape index (κ1) is 22.6. The van der Waals surface area contributed by atoms with Gasteiger partial charge in [-0.05, 0) is 36.5 Å². The van der Waals surface area contributed by atoms with Crippen molar-refractivity contribution in [2.24, 2.45) is 0 Å². The molecule has 26 heavy (non-hydrogen) atoms. The minimum absolute atomic E-state index is 0.276. The summed E-state index contributed by atoms with van der Waals surface area (Å²) in [5, 5.41) is 0. The van der Waals surface area contributed by atoms with Gasteiger partial charge >= 0.3 is 5.97 Å². The van der Waals surface area contributed by atoms with Crippen molar-refractivity contribution < 1.29 is 14.0 Å². The minimum atomic E-state index is -1.89. The number of rotatable bonds is 12. The first-order valence-corrected chi connectivity index (χ1v) is 12.6. The van der Waals surface area contributed by atoms with Gasteiger partial charge in [0.25, 0.3) is 0 Å². The summed E-state index contributed by atoms with van der Waals surface area (Å²) in [4.78, 5) is 12.6. The van der Waals surface area contributed by atoms with Crippen molar-refractivity contribution in [3.05, 3.63) is 47.5 Å². The van der Waals surface area contributed by atoms with E-state index in [1.54, 1.807) is 0 Å². The average molecular weight is 377 g/mol. The van der Waals surface area contributed by atoms with E-state index in [0.29, 0.717) is 5.57 Å². The van der Waals surface area contributed by atoms with Gasteiger partial charge in [0.05, 0.1) is 12.7 Å². The summed E-state index contributed by atoms with van der Waals surface area (Å²) in [6, 6.07) is 13.2. The first-order valence-electron chi connectivity index (χ1n) is 10.1. The second kappa shape index (κ2) is 12.1. The zero-order valence-electron chi connectivity index (χ0n) is 17.2. The van der Waals surface area contributed by atoms with Crippen LogP contribution >= 0.6 is 0 Å². The molecule has 4 heteroatoms. The van der Waals surface area contributed by atoms with Gasteiger partial charge in [0, 0.05) is 0 Å². The van der Waals surface area contributed by atoms with Gasteiger partial charge in [-0.3, -0.25) is 0 Å². The van der Waals surface area contributed by atoms with Crippen molar-refractivity contribution in [2.45, 2.75) is 77.6 Å². The van der Waals surface area contributed by atoms with E-state index < -0.39 is 8.32 Å². The van der Waals surface area contributed by atoms with E-state index in [-0.39, 0.29) is 12.1 Å². The third kappa shape index (κ3) is 6.40. The van der Waals surface area contributed by atoms with Gasteiger partial charge in [-0.25, -0.2) is 4.79 Å². The van der Waals surface area contributed by atoms with Crippen molar-refractivity contribution in [3.63, 3.8) is 0 Å². The molecule has 0 bridgehead atoms. The zero-order chi connectivity index (χ0) is 19.4. The molecular weight excluding hydrogens is 340 g/mol. The fraction of sp³-hybridized carbons (Fsp3) is 0.591. The van der Waals surface area contributed by atoms with Crippen LogP contribution in [0.4, 0.5) is 0 Å². The number of ether oxygens (including phenoxy) is 1. The van der Waals surface area contributed by atoms with Crippen molar-refractivity contribution in [1.82, 2.24) is 0 Å². The van der Waals surface area contributed by atoms with Crippen LogP contribution in [0.15, 0.2) is 42.0 Å². The fourth-order valence-electron chi connectivity index (χ4n) is 3.26. The summed E-state index contributed by atoms with van der Waals surface area (Å²) in [6.45, 7) is 8.82. The maximum atomic E-state index is 12.6. The number of benzene rings is 1. The normalized spacial score (nSPS) is 13.5. The molecule has 0 N–H and O–H groups in total. The van der Waals surface area contributed by atoms with E-state index in [9.17, 15) is 4.79 Å². The molecule has 0 heterocycles. The predicted octanol–water partition coefficient (Wildman–Crippen LogP) is 6.43.